The lowest BCUT2D eigenvalue weighted by Gasteiger charge is -2.29. The van der Waals surface area contributed by atoms with Gasteiger partial charge in [0, 0.05) is 12.6 Å². The first-order chi connectivity index (χ1) is 10.1. The second-order valence-electron chi connectivity index (χ2n) is 6.17. The van der Waals surface area contributed by atoms with E-state index in [1.165, 1.54) is 49.0 Å². The van der Waals surface area contributed by atoms with Crippen molar-refractivity contribution in [3.8, 4) is 0 Å². The Hall–Kier alpha value is -0.860. The maximum Gasteiger partial charge on any atom is 0.0452 e. The highest BCUT2D eigenvalue weighted by Gasteiger charge is 2.16. The SMILES string of the molecule is CCCNC(CN(CCC)CCC)c1cc(C)ccc1C. The van der Waals surface area contributed by atoms with Crippen LogP contribution in [-0.4, -0.2) is 31.1 Å². The molecule has 1 rings (SSSR count). The Morgan fingerprint density at radius 1 is 1.00 bits per heavy atom. The molecule has 0 spiro atoms. The lowest BCUT2D eigenvalue weighted by Crippen LogP contribution is -2.37. The first kappa shape index (κ1) is 18.2. The zero-order valence-electron chi connectivity index (χ0n) is 14.7. The van der Waals surface area contributed by atoms with Crippen LogP contribution in [-0.2, 0) is 0 Å². The van der Waals surface area contributed by atoms with Gasteiger partial charge < -0.3 is 10.2 Å². The molecule has 0 saturated carbocycles. The number of benzene rings is 1. The Kier molecular flexibility index (Phi) is 8.63. The zero-order valence-corrected chi connectivity index (χ0v) is 14.7. The molecule has 0 heterocycles. The van der Waals surface area contributed by atoms with Crippen molar-refractivity contribution in [2.45, 2.75) is 59.9 Å². The van der Waals surface area contributed by atoms with Crippen molar-refractivity contribution >= 4 is 0 Å². The van der Waals surface area contributed by atoms with Crippen LogP contribution in [0.15, 0.2) is 18.2 Å². The number of hydrogen-bond donors (Lipinski definition) is 1. The topological polar surface area (TPSA) is 15.3 Å². The fraction of sp³-hybridized carbons (Fsp3) is 0.684. The van der Waals surface area contributed by atoms with Gasteiger partial charge in [-0.25, -0.2) is 0 Å². The molecule has 120 valence electrons. The van der Waals surface area contributed by atoms with Gasteiger partial charge in [0.05, 0.1) is 0 Å². The van der Waals surface area contributed by atoms with Gasteiger partial charge >= 0.3 is 0 Å². The van der Waals surface area contributed by atoms with E-state index >= 15 is 0 Å². The van der Waals surface area contributed by atoms with Gasteiger partial charge in [0.25, 0.3) is 0 Å². The van der Waals surface area contributed by atoms with Gasteiger partial charge in [-0.2, -0.15) is 0 Å². The van der Waals surface area contributed by atoms with E-state index in [4.69, 9.17) is 0 Å². The molecule has 1 aromatic carbocycles. The minimum absolute atomic E-state index is 0.447. The molecular weight excluding hydrogens is 256 g/mol. The Morgan fingerprint density at radius 2 is 1.67 bits per heavy atom. The molecule has 0 aliphatic rings. The van der Waals surface area contributed by atoms with Crippen LogP contribution in [0.4, 0.5) is 0 Å². The fourth-order valence-corrected chi connectivity index (χ4v) is 2.91. The summed E-state index contributed by atoms with van der Waals surface area (Å²) in [5.74, 6) is 0. The summed E-state index contributed by atoms with van der Waals surface area (Å²) in [7, 11) is 0. The van der Waals surface area contributed by atoms with Crippen LogP contribution in [0.2, 0.25) is 0 Å². The fourth-order valence-electron chi connectivity index (χ4n) is 2.91. The van der Waals surface area contributed by atoms with Crippen LogP contribution in [0.5, 0.6) is 0 Å². The minimum Gasteiger partial charge on any atom is -0.309 e. The minimum atomic E-state index is 0.447. The van der Waals surface area contributed by atoms with Gasteiger partial charge in [-0.1, -0.05) is 44.5 Å². The summed E-state index contributed by atoms with van der Waals surface area (Å²) in [4.78, 5) is 2.61. The van der Waals surface area contributed by atoms with Crippen LogP contribution in [0.1, 0.15) is 62.8 Å². The highest BCUT2D eigenvalue weighted by Crippen LogP contribution is 2.21. The first-order valence-corrected chi connectivity index (χ1v) is 8.65. The Labute approximate surface area is 131 Å². The summed E-state index contributed by atoms with van der Waals surface area (Å²) < 4.78 is 0. The molecule has 1 atom stereocenters. The van der Waals surface area contributed by atoms with Crippen molar-refractivity contribution in [1.82, 2.24) is 10.2 Å². The van der Waals surface area contributed by atoms with Gasteiger partial charge in [0.2, 0.25) is 0 Å². The lowest BCUT2D eigenvalue weighted by molar-refractivity contribution is 0.242. The number of rotatable bonds is 10. The Morgan fingerprint density at radius 3 is 2.24 bits per heavy atom. The maximum atomic E-state index is 3.76. The molecule has 0 amide bonds. The molecule has 0 radical (unpaired) electrons. The Balaban J connectivity index is 2.89. The molecule has 21 heavy (non-hydrogen) atoms. The highest BCUT2D eigenvalue weighted by molar-refractivity contribution is 5.33. The lowest BCUT2D eigenvalue weighted by atomic mass is 9.98. The summed E-state index contributed by atoms with van der Waals surface area (Å²) in [5.41, 5.74) is 4.24. The molecule has 2 heteroatoms. The molecule has 2 nitrogen and oxygen atoms in total. The quantitative estimate of drug-likeness (QED) is 0.684. The van der Waals surface area contributed by atoms with Crippen molar-refractivity contribution in [3.05, 3.63) is 34.9 Å². The normalized spacial score (nSPS) is 12.9. The summed E-state index contributed by atoms with van der Waals surface area (Å²) >= 11 is 0. The smallest absolute Gasteiger partial charge is 0.0452 e. The average Bonchev–Trinajstić information content (AvgIpc) is 2.46. The molecule has 0 aliphatic heterocycles. The second kappa shape index (κ2) is 9.97. The van der Waals surface area contributed by atoms with E-state index in [1.54, 1.807) is 0 Å². The molecular formula is C19H34N2. The third-order valence-corrected chi connectivity index (χ3v) is 3.97. The summed E-state index contributed by atoms with van der Waals surface area (Å²) in [6.45, 7) is 15.8. The predicted molar refractivity (Wildman–Crippen MR) is 94.0 cm³/mol. The highest BCUT2D eigenvalue weighted by atomic mass is 15.1. The molecule has 0 saturated heterocycles. The van der Waals surface area contributed by atoms with Crippen molar-refractivity contribution in [2.75, 3.05) is 26.2 Å². The third kappa shape index (κ3) is 6.19. The monoisotopic (exact) mass is 290 g/mol. The summed E-state index contributed by atoms with van der Waals surface area (Å²) in [6, 6.07) is 7.28. The predicted octanol–water partition coefficient (Wildman–Crippen LogP) is 4.47. The van der Waals surface area contributed by atoms with Crippen LogP contribution < -0.4 is 5.32 Å². The van der Waals surface area contributed by atoms with Crippen molar-refractivity contribution in [2.24, 2.45) is 0 Å². The summed E-state index contributed by atoms with van der Waals surface area (Å²) in [6.07, 6.45) is 3.64. The van der Waals surface area contributed by atoms with E-state index in [9.17, 15) is 0 Å². The van der Waals surface area contributed by atoms with Gasteiger partial charge in [-0.3, -0.25) is 0 Å². The molecule has 0 aromatic heterocycles. The van der Waals surface area contributed by atoms with Crippen molar-refractivity contribution in [3.63, 3.8) is 0 Å². The molecule has 0 aliphatic carbocycles. The number of nitrogens with one attached hydrogen (secondary N) is 1. The van der Waals surface area contributed by atoms with E-state index in [1.807, 2.05) is 0 Å². The largest absolute Gasteiger partial charge is 0.309 e. The van der Waals surface area contributed by atoms with Gasteiger partial charge in [-0.15, -0.1) is 0 Å². The summed E-state index contributed by atoms with van der Waals surface area (Å²) in [5, 5.41) is 3.76. The van der Waals surface area contributed by atoms with E-state index in [0.29, 0.717) is 6.04 Å². The van der Waals surface area contributed by atoms with Crippen molar-refractivity contribution in [1.29, 1.82) is 0 Å². The third-order valence-electron chi connectivity index (χ3n) is 3.97. The van der Waals surface area contributed by atoms with Crippen LogP contribution in [0.3, 0.4) is 0 Å². The average molecular weight is 290 g/mol. The van der Waals surface area contributed by atoms with Crippen LogP contribution in [0, 0.1) is 13.8 Å². The van der Waals surface area contributed by atoms with E-state index < -0.39 is 0 Å². The van der Waals surface area contributed by atoms with E-state index in [0.717, 1.165) is 13.1 Å². The molecule has 0 bridgehead atoms. The first-order valence-electron chi connectivity index (χ1n) is 8.65. The molecule has 1 N–H and O–H groups in total. The standard InChI is InChI=1S/C19H34N2/c1-6-11-20-19(15-21(12-7-2)13-8-3)18-14-16(4)9-10-17(18)5/h9-10,14,19-20H,6-8,11-13,15H2,1-5H3. The number of hydrogen-bond acceptors (Lipinski definition) is 2. The number of nitrogens with zero attached hydrogens (tertiary/aromatic N) is 1. The van der Waals surface area contributed by atoms with Gasteiger partial charge in [0.1, 0.15) is 0 Å². The maximum absolute atomic E-state index is 3.76. The van der Waals surface area contributed by atoms with E-state index in [-0.39, 0.29) is 0 Å². The second-order valence-corrected chi connectivity index (χ2v) is 6.17. The van der Waals surface area contributed by atoms with Crippen LogP contribution >= 0.6 is 0 Å². The zero-order chi connectivity index (χ0) is 15.7. The van der Waals surface area contributed by atoms with Crippen molar-refractivity contribution < 1.29 is 0 Å². The molecule has 1 aromatic rings. The number of aryl methyl sites for hydroxylation is 2. The van der Waals surface area contributed by atoms with Gasteiger partial charge in [-0.05, 0) is 63.9 Å². The molecule has 1 unspecified atom stereocenters. The van der Waals surface area contributed by atoms with Gasteiger partial charge in [0.15, 0.2) is 0 Å². The van der Waals surface area contributed by atoms with E-state index in [2.05, 4.69) is 63.0 Å². The van der Waals surface area contributed by atoms with Crippen LogP contribution in [0.25, 0.3) is 0 Å². The Bertz CT molecular complexity index is 395. The molecule has 0 fully saturated rings.